The Kier molecular flexibility index (Phi) is 6.91. The van der Waals surface area contributed by atoms with E-state index in [2.05, 4.69) is 21.2 Å². The molecule has 4 rings (SSSR count). The average molecular weight is 465 g/mol. The Bertz CT molecular complexity index is 1160. The highest BCUT2D eigenvalue weighted by Gasteiger charge is 2.19. The Balaban J connectivity index is 1.33. The number of nitro groups is 1. The predicted molar refractivity (Wildman–Crippen MR) is 131 cm³/mol. The number of hydrogen-bond donors (Lipinski definition) is 1. The molecule has 0 aliphatic carbocycles. The molecule has 1 heterocycles. The van der Waals surface area contributed by atoms with Gasteiger partial charge >= 0.3 is 0 Å². The van der Waals surface area contributed by atoms with E-state index < -0.39 is 4.92 Å². The summed E-state index contributed by atoms with van der Waals surface area (Å²) in [5.41, 5.74) is 3.60. The number of piperazine rings is 1. The van der Waals surface area contributed by atoms with Gasteiger partial charge in [-0.15, -0.1) is 0 Å². The molecule has 0 bridgehead atoms. The third-order valence-electron chi connectivity index (χ3n) is 5.88. The summed E-state index contributed by atoms with van der Waals surface area (Å²) in [7, 11) is 0. The Labute approximate surface area is 197 Å². The van der Waals surface area contributed by atoms with Crippen molar-refractivity contribution in [3.63, 3.8) is 0 Å². The zero-order valence-electron chi connectivity index (χ0n) is 18.3. The van der Waals surface area contributed by atoms with E-state index in [1.54, 1.807) is 19.1 Å². The zero-order valence-corrected chi connectivity index (χ0v) is 19.1. The third kappa shape index (κ3) is 5.50. The molecule has 3 aromatic rings. The highest BCUT2D eigenvalue weighted by Crippen LogP contribution is 2.23. The second kappa shape index (κ2) is 10.0. The van der Waals surface area contributed by atoms with Crippen molar-refractivity contribution in [1.29, 1.82) is 0 Å². The maximum atomic E-state index is 12.5. The molecule has 0 radical (unpaired) electrons. The highest BCUT2D eigenvalue weighted by molar-refractivity contribution is 6.31. The quantitative estimate of drug-likeness (QED) is 0.404. The van der Waals surface area contributed by atoms with Crippen LogP contribution in [0, 0.1) is 17.0 Å². The van der Waals surface area contributed by atoms with Gasteiger partial charge in [-0.1, -0.05) is 35.9 Å². The van der Waals surface area contributed by atoms with Crippen LogP contribution < -0.4 is 10.2 Å². The van der Waals surface area contributed by atoms with Crippen molar-refractivity contribution in [2.75, 3.05) is 36.4 Å². The van der Waals surface area contributed by atoms with E-state index in [1.165, 1.54) is 6.07 Å². The Hall–Kier alpha value is -3.42. The lowest BCUT2D eigenvalue weighted by Crippen LogP contribution is -2.46. The number of halogens is 1. The van der Waals surface area contributed by atoms with Gasteiger partial charge in [0.2, 0.25) is 0 Å². The number of rotatable bonds is 6. The molecular weight excluding hydrogens is 440 g/mol. The monoisotopic (exact) mass is 464 g/mol. The van der Waals surface area contributed by atoms with Crippen LogP contribution in [0.2, 0.25) is 5.02 Å². The summed E-state index contributed by atoms with van der Waals surface area (Å²) in [4.78, 5) is 27.9. The molecule has 8 heteroatoms. The van der Waals surface area contributed by atoms with Crippen LogP contribution in [0.5, 0.6) is 0 Å². The summed E-state index contributed by atoms with van der Waals surface area (Å²) >= 11 is 6.29. The number of aryl methyl sites for hydroxylation is 1. The summed E-state index contributed by atoms with van der Waals surface area (Å²) in [5.74, 6) is -0.376. The molecule has 1 N–H and O–H groups in total. The summed E-state index contributed by atoms with van der Waals surface area (Å²) in [6, 6.07) is 20.1. The standard InChI is InChI=1S/C25H25ClN4O3/c1-18-6-7-19(16-24(18)30(32)33)25(31)27-21-8-10-22(11-9-21)29-14-12-28(13-15-29)17-20-4-2-3-5-23(20)26/h2-11,16H,12-15,17H2,1H3,(H,27,31). The van der Waals surface area contributed by atoms with E-state index in [0.29, 0.717) is 11.3 Å². The molecule has 7 nitrogen and oxygen atoms in total. The van der Waals surface area contributed by atoms with Gasteiger partial charge < -0.3 is 10.2 Å². The van der Waals surface area contributed by atoms with Gasteiger partial charge in [-0.25, -0.2) is 0 Å². The number of carbonyl (C=O) groups excluding carboxylic acids is 1. The minimum absolute atomic E-state index is 0.0633. The predicted octanol–water partition coefficient (Wildman–Crippen LogP) is 5.13. The molecule has 1 amide bonds. The first kappa shape index (κ1) is 22.8. The van der Waals surface area contributed by atoms with Gasteiger partial charge in [0.25, 0.3) is 11.6 Å². The number of nitrogens with one attached hydrogen (secondary N) is 1. The van der Waals surface area contributed by atoms with Gasteiger partial charge in [-0.05, 0) is 48.9 Å². The number of amides is 1. The first-order valence-corrected chi connectivity index (χ1v) is 11.2. The largest absolute Gasteiger partial charge is 0.369 e. The van der Waals surface area contributed by atoms with Crippen LogP contribution in [0.3, 0.4) is 0 Å². The normalized spacial score (nSPS) is 14.2. The fourth-order valence-electron chi connectivity index (χ4n) is 3.94. The number of nitrogens with zero attached hydrogens (tertiary/aromatic N) is 3. The highest BCUT2D eigenvalue weighted by atomic mass is 35.5. The summed E-state index contributed by atoms with van der Waals surface area (Å²) in [6.07, 6.45) is 0. The lowest BCUT2D eigenvalue weighted by molar-refractivity contribution is -0.385. The smallest absolute Gasteiger partial charge is 0.273 e. The molecule has 3 aromatic carbocycles. The van der Waals surface area contributed by atoms with Gasteiger partial charge in [0.15, 0.2) is 0 Å². The second-order valence-corrected chi connectivity index (χ2v) is 8.52. The lowest BCUT2D eigenvalue weighted by Gasteiger charge is -2.36. The lowest BCUT2D eigenvalue weighted by atomic mass is 10.1. The summed E-state index contributed by atoms with van der Waals surface area (Å²) < 4.78 is 0. The van der Waals surface area contributed by atoms with Crippen molar-refractivity contribution in [2.24, 2.45) is 0 Å². The minimum atomic E-state index is -0.477. The van der Waals surface area contributed by atoms with Crippen molar-refractivity contribution < 1.29 is 9.72 Å². The van der Waals surface area contributed by atoms with Gasteiger partial charge in [0.1, 0.15) is 0 Å². The Morgan fingerprint density at radius 1 is 1.03 bits per heavy atom. The first-order valence-electron chi connectivity index (χ1n) is 10.8. The van der Waals surface area contributed by atoms with Gasteiger partial charge in [0.05, 0.1) is 4.92 Å². The SMILES string of the molecule is Cc1ccc(C(=O)Nc2ccc(N3CCN(Cc4ccccc4Cl)CC3)cc2)cc1[N+](=O)[O-]. The molecule has 0 saturated carbocycles. The van der Waals surface area contributed by atoms with Crippen LogP contribution in [0.1, 0.15) is 21.5 Å². The van der Waals surface area contributed by atoms with Crippen LogP contribution in [-0.4, -0.2) is 41.9 Å². The minimum Gasteiger partial charge on any atom is -0.369 e. The van der Waals surface area contributed by atoms with Gasteiger partial charge in [-0.2, -0.15) is 0 Å². The van der Waals surface area contributed by atoms with Crippen molar-refractivity contribution in [1.82, 2.24) is 4.90 Å². The van der Waals surface area contributed by atoms with E-state index in [4.69, 9.17) is 11.6 Å². The number of anilines is 2. The zero-order chi connectivity index (χ0) is 23.4. The van der Waals surface area contributed by atoms with Crippen LogP contribution in [0.15, 0.2) is 66.7 Å². The van der Waals surface area contributed by atoms with Crippen molar-refractivity contribution >= 4 is 34.6 Å². The van der Waals surface area contributed by atoms with Gasteiger partial charge in [-0.3, -0.25) is 19.8 Å². The third-order valence-corrected chi connectivity index (χ3v) is 6.25. The van der Waals surface area contributed by atoms with Gasteiger partial charge in [0, 0.05) is 66.3 Å². The van der Waals surface area contributed by atoms with Crippen LogP contribution >= 0.6 is 11.6 Å². The number of nitro benzene ring substituents is 1. The summed E-state index contributed by atoms with van der Waals surface area (Å²) in [6.45, 7) is 6.18. The molecule has 0 spiro atoms. The van der Waals surface area contributed by atoms with E-state index in [-0.39, 0.29) is 17.2 Å². The number of carbonyl (C=O) groups is 1. The summed E-state index contributed by atoms with van der Waals surface area (Å²) in [5, 5.41) is 14.7. The molecule has 0 aromatic heterocycles. The molecule has 1 fully saturated rings. The maximum absolute atomic E-state index is 12.5. The van der Waals surface area contributed by atoms with Crippen LogP contribution in [0.4, 0.5) is 17.1 Å². The average Bonchev–Trinajstić information content (AvgIpc) is 2.82. The van der Waals surface area contributed by atoms with E-state index in [9.17, 15) is 14.9 Å². The Morgan fingerprint density at radius 2 is 1.73 bits per heavy atom. The fraction of sp³-hybridized carbons (Fsp3) is 0.240. The molecule has 1 saturated heterocycles. The number of hydrogen-bond acceptors (Lipinski definition) is 5. The van der Waals surface area contributed by atoms with Crippen molar-refractivity contribution in [3.05, 3.63) is 98.6 Å². The number of benzene rings is 3. The molecule has 0 atom stereocenters. The van der Waals surface area contributed by atoms with Crippen molar-refractivity contribution in [2.45, 2.75) is 13.5 Å². The van der Waals surface area contributed by atoms with Crippen LogP contribution in [0.25, 0.3) is 0 Å². The van der Waals surface area contributed by atoms with Crippen LogP contribution in [-0.2, 0) is 6.54 Å². The Morgan fingerprint density at radius 3 is 2.39 bits per heavy atom. The fourth-order valence-corrected chi connectivity index (χ4v) is 4.13. The second-order valence-electron chi connectivity index (χ2n) is 8.11. The molecule has 0 unspecified atom stereocenters. The van der Waals surface area contributed by atoms with E-state index in [0.717, 1.165) is 49.0 Å². The topological polar surface area (TPSA) is 78.7 Å². The molecule has 1 aliphatic rings. The van der Waals surface area contributed by atoms with Crippen molar-refractivity contribution in [3.8, 4) is 0 Å². The molecule has 1 aliphatic heterocycles. The van der Waals surface area contributed by atoms with E-state index >= 15 is 0 Å². The molecule has 33 heavy (non-hydrogen) atoms. The first-order chi connectivity index (χ1) is 15.9. The molecule has 170 valence electrons. The van der Waals surface area contributed by atoms with E-state index in [1.807, 2.05) is 42.5 Å². The maximum Gasteiger partial charge on any atom is 0.273 e. The molecular formula is C25H25ClN4O3.